The van der Waals surface area contributed by atoms with E-state index in [0.29, 0.717) is 4.90 Å². The fraction of sp³-hybridized carbons (Fsp3) is 0. The van der Waals surface area contributed by atoms with Crippen LogP contribution in [-0.4, -0.2) is 10.2 Å². The van der Waals surface area contributed by atoms with Gasteiger partial charge in [-0.25, -0.2) is 0 Å². The van der Waals surface area contributed by atoms with E-state index in [4.69, 9.17) is 0 Å². The summed E-state index contributed by atoms with van der Waals surface area (Å²) in [5, 5.41) is 19.4. The molecule has 0 atom stereocenters. The molecule has 0 fully saturated rings. The summed E-state index contributed by atoms with van der Waals surface area (Å²) in [6.45, 7) is 0. The molecular formula is C8H6O2S2. The molecule has 0 aliphatic carbocycles. The van der Waals surface area contributed by atoms with E-state index in [9.17, 15) is 10.2 Å². The first-order chi connectivity index (χ1) is 5.66. The monoisotopic (exact) mass is 198 g/mol. The number of benzene rings is 1. The predicted molar refractivity (Wildman–Crippen MR) is 52.4 cm³/mol. The fourth-order valence-electron chi connectivity index (χ4n) is 1.11. The number of rotatable bonds is 0. The van der Waals surface area contributed by atoms with Gasteiger partial charge in [0, 0.05) is 10.3 Å². The summed E-state index contributed by atoms with van der Waals surface area (Å²) in [5.74, 6) is 0.172. The van der Waals surface area contributed by atoms with Gasteiger partial charge >= 0.3 is 0 Å². The molecule has 62 valence electrons. The van der Waals surface area contributed by atoms with Gasteiger partial charge in [-0.3, -0.25) is 0 Å². The van der Waals surface area contributed by atoms with E-state index >= 15 is 0 Å². The lowest BCUT2D eigenvalue weighted by Gasteiger charge is -1.95. The lowest BCUT2D eigenvalue weighted by atomic mass is 10.2. The quantitative estimate of drug-likeness (QED) is 0.569. The third-order valence-electron chi connectivity index (χ3n) is 1.57. The van der Waals surface area contributed by atoms with Crippen LogP contribution in [0.5, 0.6) is 10.8 Å². The Morgan fingerprint density at radius 2 is 1.92 bits per heavy atom. The van der Waals surface area contributed by atoms with Crippen molar-refractivity contribution in [2.24, 2.45) is 0 Å². The van der Waals surface area contributed by atoms with Crippen LogP contribution in [0.4, 0.5) is 0 Å². The van der Waals surface area contributed by atoms with Gasteiger partial charge in [-0.05, 0) is 18.2 Å². The molecule has 12 heavy (non-hydrogen) atoms. The van der Waals surface area contributed by atoms with Crippen molar-refractivity contribution in [3.05, 3.63) is 18.2 Å². The zero-order chi connectivity index (χ0) is 8.72. The Bertz CT molecular complexity index is 434. The topological polar surface area (TPSA) is 40.5 Å². The Labute approximate surface area is 78.5 Å². The number of hydrogen-bond donors (Lipinski definition) is 3. The molecule has 0 unspecified atom stereocenters. The van der Waals surface area contributed by atoms with E-state index in [1.165, 1.54) is 11.3 Å². The van der Waals surface area contributed by atoms with Crippen LogP contribution in [0.2, 0.25) is 0 Å². The molecule has 0 saturated heterocycles. The van der Waals surface area contributed by atoms with Gasteiger partial charge in [0.2, 0.25) is 0 Å². The van der Waals surface area contributed by atoms with Crippen LogP contribution in [0.3, 0.4) is 0 Å². The van der Waals surface area contributed by atoms with Gasteiger partial charge in [-0.15, -0.1) is 12.6 Å². The molecule has 2 nitrogen and oxygen atoms in total. The first kappa shape index (κ1) is 7.76. The van der Waals surface area contributed by atoms with Gasteiger partial charge in [0.25, 0.3) is 0 Å². The van der Waals surface area contributed by atoms with Gasteiger partial charge in [0.05, 0.1) is 4.70 Å². The van der Waals surface area contributed by atoms with Crippen molar-refractivity contribution in [2.75, 3.05) is 0 Å². The second-order valence-electron chi connectivity index (χ2n) is 2.47. The smallest absolute Gasteiger partial charge is 0.172 e. The number of aromatic hydroxyl groups is 2. The maximum absolute atomic E-state index is 9.19. The minimum atomic E-state index is 0.172. The Kier molecular flexibility index (Phi) is 1.66. The molecule has 0 bridgehead atoms. The van der Waals surface area contributed by atoms with Crippen LogP contribution in [0.25, 0.3) is 10.1 Å². The van der Waals surface area contributed by atoms with Crippen LogP contribution < -0.4 is 0 Å². The average Bonchev–Trinajstić information content (AvgIpc) is 2.29. The highest BCUT2D eigenvalue weighted by atomic mass is 32.1. The van der Waals surface area contributed by atoms with Gasteiger partial charge in [0.1, 0.15) is 5.75 Å². The summed E-state index contributed by atoms with van der Waals surface area (Å²) in [7, 11) is 0. The molecule has 4 heteroatoms. The SMILES string of the molecule is Oc1cc(S)c2sc(O)cc2c1. The Morgan fingerprint density at radius 3 is 2.67 bits per heavy atom. The van der Waals surface area contributed by atoms with E-state index in [-0.39, 0.29) is 10.8 Å². The predicted octanol–water partition coefficient (Wildman–Crippen LogP) is 2.60. The highest BCUT2D eigenvalue weighted by Crippen LogP contribution is 2.36. The molecular weight excluding hydrogens is 192 g/mol. The molecule has 2 rings (SSSR count). The summed E-state index contributed by atoms with van der Waals surface area (Å²) in [6.07, 6.45) is 0. The van der Waals surface area contributed by atoms with Gasteiger partial charge < -0.3 is 10.2 Å². The highest BCUT2D eigenvalue weighted by Gasteiger charge is 2.04. The van der Waals surface area contributed by atoms with Crippen molar-refractivity contribution < 1.29 is 10.2 Å². The van der Waals surface area contributed by atoms with E-state index in [1.54, 1.807) is 18.2 Å². The zero-order valence-electron chi connectivity index (χ0n) is 5.98. The first-order valence-corrected chi connectivity index (χ1v) is 4.57. The molecule has 0 spiro atoms. The van der Waals surface area contributed by atoms with Gasteiger partial charge in [-0.1, -0.05) is 11.3 Å². The second kappa shape index (κ2) is 2.57. The van der Waals surface area contributed by atoms with Crippen molar-refractivity contribution >= 4 is 34.1 Å². The zero-order valence-corrected chi connectivity index (χ0v) is 7.69. The van der Waals surface area contributed by atoms with Crippen molar-refractivity contribution in [1.82, 2.24) is 0 Å². The summed E-state index contributed by atoms with van der Waals surface area (Å²) in [6, 6.07) is 4.77. The normalized spacial score (nSPS) is 10.8. The first-order valence-electron chi connectivity index (χ1n) is 3.31. The fourth-order valence-corrected chi connectivity index (χ4v) is 2.30. The summed E-state index contributed by atoms with van der Waals surface area (Å²) in [5.41, 5.74) is 0. The van der Waals surface area contributed by atoms with Crippen molar-refractivity contribution in [1.29, 1.82) is 0 Å². The molecule has 0 saturated carbocycles. The summed E-state index contributed by atoms with van der Waals surface area (Å²) < 4.78 is 0.897. The molecule has 0 aliphatic rings. The molecule has 1 heterocycles. The summed E-state index contributed by atoms with van der Waals surface area (Å²) in [4.78, 5) is 0.690. The largest absolute Gasteiger partial charge is 0.508 e. The van der Waals surface area contributed by atoms with Gasteiger partial charge in [0.15, 0.2) is 5.06 Å². The van der Waals surface area contributed by atoms with Crippen molar-refractivity contribution in [3.63, 3.8) is 0 Å². The molecule has 1 aromatic carbocycles. The minimum Gasteiger partial charge on any atom is -0.508 e. The molecule has 1 aromatic heterocycles. The molecule has 0 radical (unpaired) electrons. The average molecular weight is 198 g/mol. The van der Waals surface area contributed by atoms with E-state index in [0.717, 1.165) is 10.1 Å². The molecule has 0 aliphatic heterocycles. The molecule has 0 amide bonds. The van der Waals surface area contributed by atoms with E-state index < -0.39 is 0 Å². The highest BCUT2D eigenvalue weighted by molar-refractivity contribution is 7.80. The number of hydrogen-bond acceptors (Lipinski definition) is 4. The third kappa shape index (κ3) is 1.13. The molecule has 2 aromatic rings. The van der Waals surface area contributed by atoms with Crippen molar-refractivity contribution in [3.8, 4) is 10.8 Å². The third-order valence-corrected chi connectivity index (χ3v) is 3.06. The van der Waals surface area contributed by atoms with Crippen LogP contribution in [0.15, 0.2) is 23.1 Å². The Hall–Kier alpha value is -0.870. The van der Waals surface area contributed by atoms with E-state index in [1.807, 2.05) is 0 Å². The Balaban J connectivity index is 2.88. The lowest BCUT2D eigenvalue weighted by Crippen LogP contribution is -1.67. The van der Waals surface area contributed by atoms with Crippen LogP contribution in [-0.2, 0) is 0 Å². The van der Waals surface area contributed by atoms with E-state index in [2.05, 4.69) is 12.6 Å². The lowest BCUT2D eigenvalue weighted by molar-refractivity contribution is 0.475. The number of thiol groups is 1. The number of fused-ring (bicyclic) bond motifs is 1. The van der Waals surface area contributed by atoms with Crippen LogP contribution >= 0.6 is 24.0 Å². The van der Waals surface area contributed by atoms with Crippen LogP contribution in [0.1, 0.15) is 0 Å². The maximum atomic E-state index is 9.19. The summed E-state index contributed by atoms with van der Waals surface area (Å²) >= 11 is 5.43. The number of phenolic OH excluding ortho intramolecular Hbond substituents is 1. The van der Waals surface area contributed by atoms with Gasteiger partial charge in [-0.2, -0.15) is 0 Å². The number of phenols is 1. The second-order valence-corrected chi connectivity index (χ2v) is 3.98. The number of thiophene rings is 1. The van der Waals surface area contributed by atoms with Crippen molar-refractivity contribution in [2.45, 2.75) is 4.90 Å². The minimum absolute atomic E-state index is 0.172. The molecule has 2 N–H and O–H groups in total. The Morgan fingerprint density at radius 1 is 1.17 bits per heavy atom. The standard InChI is InChI=1S/C8H6O2S2/c9-5-1-4-2-7(10)12-8(4)6(11)3-5/h1-3,9-11H. The van der Waals surface area contributed by atoms with Crippen LogP contribution in [0, 0.1) is 0 Å². The maximum Gasteiger partial charge on any atom is 0.172 e.